The average Bonchev–Trinajstić information content (AvgIpc) is 1.88. The standard InChI is InChI=1S/C5H9NO4/c7-5(8)6-4-1-9-3-10-2-4/h4,6H,1-3H2,(H,7,8). The summed E-state index contributed by atoms with van der Waals surface area (Å²) < 4.78 is 9.67. The average molecular weight is 147 g/mol. The lowest BCUT2D eigenvalue weighted by atomic mass is 10.3. The molecule has 0 atom stereocenters. The van der Waals surface area contributed by atoms with E-state index in [-0.39, 0.29) is 12.8 Å². The monoisotopic (exact) mass is 147 g/mol. The molecule has 58 valence electrons. The second-order valence-electron chi connectivity index (χ2n) is 2.01. The van der Waals surface area contributed by atoms with E-state index >= 15 is 0 Å². The predicted octanol–water partition coefficient (Wildman–Crippen LogP) is -0.373. The van der Waals surface area contributed by atoms with Crippen molar-refractivity contribution in [2.75, 3.05) is 20.0 Å². The van der Waals surface area contributed by atoms with Gasteiger partial charge in [-0.05, 0) is 0 Å². The normalized spacial score (nSPS) is 20.4. The van der Waals surface area contributed by atoms with Crippen LogP contribution >= 0.6 is 0 Å². The van der Waals surface area contributed by atoms with Crippen LogP contribution in [0.2, 0.25) is 0 Å². The van der Waals surface area contributed by atoms with Gasteiger partial charge in [0.2, 0.25) is 0 Å². The van der Waals surface area contributed by atoms with Crippen molar-refractivity contribution in [3.63, 3.8) is 0 Å². The molecule has 1 amide bonds. The van der Waals surface area contributed by atoms with E-state index in [1.165, 1.54) is 0 Å². The zero-order valence-electron chi connectivity index (χ0n) is 5.37. The molecule has 5 heteroatoms. The summed E-state index contributed by atoms with van der Waals surface area (Å²) in [5.74, 6) is 0. The second-order valence-corrected chi connectivity index (χ2v) is 2.01. The van der Waals surface area contributed by atoms with E-state index in [1.807, 2.05) is 0 Å². The fourth-order valence-electron chi connectivity index (χ4n) is 0.746. The maximum Gasteiger partial charge on any atom is 0.405 e. The fourth-order valence-corrected chi connectivity index (χ4v) is 0.746. The molecule has 1 fully saturated rings. The maximum absolute atomic E-state index is 10.0. The zero-order chi connectivity index (χ0) is 7.40. The lowest BCUT2D eigenvalue weighted by molar-refractivity contribution is -0.111. The van der Waals surface area contributed by atoms with Crippen LogP contribution in [0.25, 0.3) is 0 Å². The number of nitrogens with one attached hydrogen (secondary N) is 1. The first-order chi connectivity index (χ1) is 4.79. The Balaban J connectivity index is 2.19. The van der Waals surface area contributed by atoms with Gasteiger partial charge in [0.15, 0.2) is 0 Å². The zero-order valence-corrected chi connectivity index (χ0v) is 5.37. The van der Waals surface area contributed by atoms with E-state index in [2.05, 4.69) is 5.32 Å². The van der Waals surface area contributed by atoms with E-state index in [4.69, 9.17) is 14.6 Å². The summed E-state index contributed by atoms with van der Waals surface area (Å²) in [6.45, 7) is 1.05. The van der Waals surface area contributed by atoms with E-state index in [1.54, 1.807) is 0 Å². The van der Waals surface area contributed by atoms with Gasteiger partial charge in [0.1, 0.15) is 6.79 Å². The molecule has 0 spiro atoms. The number of hydrogen-bond acceptors (Lipinski definition) is 3. The van der Waals surface area contributed by atoms with Crippen molar-refractivity contribution in [3.05, 3.63) is 0 Å². The second kappa shape index (κ2) is 3.38. The Morgan fingerprint density at radius 3 is 2.60 bits per heavy atom. The summed E-state index contributed by atoms with van der Waals surface area (Å²) in [5.41, 5.74) is 0. The van der Waals surface area contributed by atoms with Crippen molar-refractivity contribution in [2.24, 2.45) is 0 Å². The summed E-state index contributed by atoms with van der Waals surface area (Å²) in [4.78, 5) is 10.0. The molecular formula is C5H9NO4. The number of hydrogen-bond donors (Lipinski definition) is 2. The fraction of sp³-hybridized carbons (Fsp3) is 0.800. The Labute approximate surface area is 57.9 Å². The summed E-state index contributed by atoms with van der Waals surface area (Å²) in [5, 5.41) is 10.5. The van der Waals surface area contributed by atoms with Gasteiger partial charge in [0.05, 0.1) is 19.3 Å². The molecule has 1 saturated heterocycles. The maximum atomic E-state index is 10.0. The first kappa shape index (κ1) is 7.30. The van der Waals surface area contributed by atoms with Crippen molar-refractivity contribution < 1.29 is 19.4 Å². The van der Waals surface area contributed by atoms with Crippen LogP contribution < -0.4 is 5.32 Å². The van der Waals surface area contributed by atoms with Gasteiger partial charge in [-0.15, -0.1) is 0 Å². The molecule has 0 aliphatic carbocycles. The summed E-state index contributed by atoms with van der Waals surface area (Å²) in [6, 6.07) is -0.216. The SMILES string of the molecule is O=C(O)NC1COCOC1. The van der Waals surface area contributed by atoms with E-state index < -0.39 is 6.09 Å². The Morgan fingerprint density at radius 2 is 2.10 bits per heavy atom. The van der Waals surface area contributed by atoms with Gasteiger partial charge in [-0.2, -0.15) is 0 Å². The smallest absolute Gasteiger partial charge is 0.405 e. The molecular weight excluding hydrogens is 138 g/mol. The van der Waals surface area contributed by atoms with Crippen molar-refractivity contribution in [2.45, 2.75) is 6.04 Å². The van der Waals surface area contributed by atoms with E-state index in [0.717, 1.165) is 0 Å². The van der Waals surface area contributed by atoms with Crippen LogP contribution in [0.4, 0.5) is 4.79 Å². The minimum Gasteiger partial charge on any atom is -0.465 e. The van der Waals surface area contributed by atoms with Crippen LogP contribution in [0.5, 0.6) is 0 Å². The minimum absolute atomic E-state index is 0.216. The van der Waals surface area contributed by atoms with Crippen molar-refractivity contribution >= 4 is 6.09 Å². The molecule has 0 unspecified atom stereocenters. The molecule has 1 rings (SSSR count). The Bertz CT molecular complexity index is 121. The first-order valence-electron chi connectivity index (χ1n) is 2.94. The van der Waals surface area contributed by atoms with Crippen molar-refractivity contribution in [1.82, 2.24) is 5.32 Å². The number of carbonyl (C=O) groups is 1. The van der Waals surface area contributed by atoms with Gasteiger partial charge in [0, 0.05) is 0 Å². The van der Waals surface area contributed by atoms with Gasteiger partial charge in [-0.3, -0.25) is 0 Å². The molecule has 5 nitrogen and oxygen atoms in total. The quantitative estimate of drug-likeness (QED) is 0.530. The topological polar surface area (TPSA) is 67.8 Å². The van der Waals surface area contributed by atoms with Gasteiger partial charge < -0.3 is 19.9 Å². The summed E-state index contributed by atoms with van der Waals surface area (Å²) in [7, 11) is 0. The Morgan fingerprint density at radius 1 is 1.50 bits per heavy atom. The van der Waals surface area contributed by atoms with Crippen LogP contribution in [0, 0.1) is 0 Å². The highest BCUT2D eigenvalue weighted by atomic mass is 16.7. The number of rotatable bonds is 1. The molecule has 0 aromatic rings. The molecule has 0 bridgehead atoms. The Hall–Kier alpha value is -0.810. The highest BCUT2D eigenvalue weighted by Gasteiger charge is 2.15. The molecule has 0 saturated carbocycles. The highest BCUT2D eigenvalue weighted by molar-refractivity contribution is 5.64. The number of carboxylic acid groups (broad SMARTS) is 1. The van der Waals surface area contributed by atoms with Gasteiger partial charge in [-0.25, -0.2) is 4.79 Å². The molecule has 2 N–H and O–H groups in total. The van der Waals surface area contributed by atoms with Crippen molar-refractivity contribution in [3.8, 4) is 0 Å². The van der Waals surface area contributed by atoms with Crippen LogP contribution in [0.3, 0.4) is 0 Å². The largest absolute Gasteiger partial charge is 0.465 e. The van der Waals surface area contributed by atoms with Gasteiger partial charge in [0.25, 0.3) is 0 Å². The van der Waals surface area contributed by atoms with Crippen LogP contribution in [-0.2, 0) is 9.47 Å². The molecule has 0 aromatic heterocycles. The van der Waals surface area contributed by atoms with E-state index in [0.29, 0.717) is 13.2 Å². The third-order valence-electron chi connectivity index (χ3n) is 1.13. The number of amides is 1. The Kier molecular flexibility index (Phi) is 2.47. The molecule has 0 radical (unpaired) electrons. The molecule has 0 aromatic carbocycles. The predicted molar refractivity (Wildman–Crippen MR) is 31.7 cm³/mol. The molecule has 10 heavy (non-hydrogen) atoms. The van der Waals surface area contributed by atoms with E-state index in [9.17, 15) is 4.79 Å². The minimum atomic E-state index is -1.04. The highest BCUT2D eigenvalue weighted by Crippen LogP contribution is 1.95. The van der Waals surface area contributed by atoms with Crippen LogP contribution in [0.15, 0.2) is 0 Å². The lowest BCUT2D eigenvalue weighted by Gasteiger charge is -2.21. The lowest BCUT2D eigenvalue weighted by Crippen LogP contribution is -2.43. The van der Waals surface area contributed by atoms with Gasteiger partial charge in [-0.1, -0.05) is 0 Å². The summed E-state index contributed by atoms with van der Waals surface area (Å²) >= 11 is 0. The molecule has 1 aliphatic rings. The third-order valence-corrected chi connectivity index (χ3v) is 1.13. The first-order valence-corrected chi connectivity index (χ1v) is 2.94. The molecule has 1 aliphatic heterocycles. The van der Waals surface area contributed by atoms with Crippen molar-refractivity contribution in [1.29, 1.82) is 0 Å². The number of ether oxygens (including phenoxy) is 2. The third kappa shape index (κ3) is 2.20. The van der Waals surface area contributed by atoms with Crippen LogP contribution in [-0.4, -0.2) is 37.2 Å². The van der Waals surface area contributed by atoms with Gasteiger partial charge >= 0.3 is 6.09 Å². The van der Waals surface area contributed by atoms with Crippen LogP contribution in [0.1, 0.15) is 0 Å². The summed E-state index contributed by atoms with van der Waals surface area (Å²) in [6.07, 6.45) is -1.04. The molecule has 1 heterocycles.